The summed E-state index contributed by atoms with van der Waals surface area (Å²) in [7, 11) is 0. The number of rotatable bonds is 18. The van der Waals surface area contributed by atoms with Crippen LogP contribution >= 0.6 is 0 Å². The van der Waals surface area contributed by atoms with Gasteiger partial charge in [0.25, 0.3) is 11.8 Å². The quantitative estimate of drug-likeness (QED) is 0.111. The minimum absolute atomic E-state index is 0.0651. The van der Waals surface area contributed by atoms with E-state index in [4.69, 9.17) is 28.7 Å². The average molecular weight is 784 g/mol. The first-order chi connectivity index (χ1) is 27.7. The molecule has 0 radical (unpaired) electrons. The summed E-state index contributed by atoms with van der Waals surface area (Å²) in [6, 6.07) is 14.0. The van der Waals surface area contributed by atoms with Gasteiger partial charge in [0, 0.05) is 55.8 Å². The molecule has 2 aromatic heterocycles. The molecule has 57 heavy (non-hydrogen) atoms. The summed E-state index contributed by atoms with van der Waals surface area (Å²) in [6.07, 6.45) is 2.11. The van der Waals surface area contributed by atoms with E-state index in [0.717, 1.165) is 64.8 Å². The maximum absolute atomic E-state index is 13.0. The van der Waals surface area contributed by atoms with Crippen molar-refractivity contribution in [1.29, 1.82) is 0 Å². The van der Waals surface area contributed by atoms with Gasteiger partial charge in [0.2, 0.25) is 11.8 Å². The third kappa shape index (κ3) is 9.42. The van der Waals surface area contributed by atoms with Crippen molar-refractivity contribution in [2.45, 2.75) is 51.8 Å². The Kier molecular flexibility index (Phi) is 12.7. The normalized spacial score (nSPS) is 18.8. The van der Waals surface area contributed by atoms with Crippen LogP contribution in [0.3, 0.4) is 0 Å². The van der Waals surface area contributed by atoms with Crippen molar-refractivity contribution in [3.05, 3.63) is 65.9 Å². The lowest BCUT2D eigenvalue weighted by molar-refractivity contribution is -0.136. The number of carbonyl (C=O) groups is 4. The fourth-order valence-electron chi connectivity index (χ4n) is 7.31. The Balaban J connectivity index is 0.746. The van der Waals surface area contributed by atoms with Gasteiger partial charge in [0.1, 0.15) is 35.7 Å². The molecule has 4 amide bonds. The van der Waals surface area contributed by atoms with Crippen LogP contribution < -0.4 is 19.7 Å². The van der Waals surface area contributed by atoms with E-state index in [-0.39, 0.29) is 36.7 Å². The molecule has 2 saturated heterocycles. The molecule has 4 aromatic rings. The topological polar surface area (TPSA) is 178 Å². The molecule has 302 valence electrons. The van der Waals surface area contributed by atoms with Crippen LogP contribution in [-0.4, -0.2) is 139 Å². The van der Waals surface area contributed by atoms with Crippen LogP contribution in [0.1, 0.15) is 54.3 Å². The van der Waals surface area contributed by atoms with Gasteiger partial charge in [-0.2, -0.15) is 5.10 Å². The summed E-state index contributed by atoms with van der Waals surface area (Å²) in [5.41, 5.74) is 3.22. The summed E-state index contributed by atoms with van der Waals surface area (Å²) >= 11 is 0. The Morgan fingerprint density at radius 2 is 1.56 bits per heavy atom. The Morgan fingerprint density at radius 3 is 2.32 bits per heavy atom. The minimum Gasteiger partial charge on any atom is -0.491 e. The number of pyridine rings is 1. The number of benzene rings is 2. The van der Waals surface area contributed by atoms with Gasteiger partial charge < -0.3 is 28.6 Å². The SMILES string of the molecule is CC(C)Oc1ccc2[nH]nc(-c3ccnc(N4CCN(CCOCCOCCOCCOc5ccc6c(c5)C(=O)N(C5CCC(=O)NC5=O)C6=O)[C@@H](C)C4)c3)c2c1. The second-order valence-corrected chi connectivity index (χ2v) is 14.5. The number of anilines is 1. The number of ether oxygens (including phenoxy) is 5. The number of imide groups is 2. The number of aromatic amines is 1. The molecule has 16 nitrogen and oxygen atoms in total. The van der Waals surface area contributed by atoms with Gasteiger partial charge in [0.15, 0.2) is 0 Å². The summed E-state index contributed by atoms with van der Waals surface area (Å²) < 4.78 is 28.8. The van der Waals surface area contributed by atoms with Crippen molar-refractivity contribution in [3.8, 4) is 22.8 Å². The smallest absolute Gasteiger partial charge is 0.262 e. The second kappa shape index (κ2) is 18.2. The zero-order valence-electron chi connectivity index (χ0n) is 32.5. The maximum atomic E-state index is 13.0. The van der Waals surface area contributed by atoms with Crippen molar-refractivity contribution >= 4 is 40.3 Å². The Morgan fingerprint density at radius 1 is 0.825 bits per heavy atom. The number of aromatic nitrogens is 3. The average Bonchev–Trinajstić information content (AvgIpc) is 3.72. The highest BCUT2D eigenvalue weighted by molar-refractivity contribution is 6.23. The number of H-pyrrole nitrogens is 1. The number of piperidine rings is 1. The molecule has 0 saturated carbocycles. The van der Waals surface area contributed by atoms with Crippen LogP contribution in [0.2, 0.25) is 0 Å². The van der Waals surface area contributed by atoms with Crippen molar-refractivity contribution in [1.82, 2.24) is 30.3 Å². The van der Waals surface area contributed by atoms with Crippen LogP contribution in [0.5, 0.6) is 11.5 Å². The van der Waals surface area contributed by atoms with Gasteiger partial charge in [-0.25, -0.2) is 4.98 Å². The van der Waals surface area contributed by atoms with E-state index in [1.54, 1.807) is 6.07 Å². The summed E-state index contributed by atoms with van der Waals surface area (Å²) in [5.74, 6) is -0.0372. The molecule has 0 spiro atoms. The fraction of sp³-hybridized carbons (Fsp3) is 0.463. The lowest BCUT2D eigenvalue weighted by Crippen LogP contribution is -2.54. The number of piperazine rings is 1. The molecule has 16 heteroatoms. The van der Waals surface area contributed by atoms with Crippen LogP contribution in [0, 0.1) is 0 Å². The highest BCUT2D eigenvalue weighted by Gasteiger charge is 2.44. The lowest BCUT2D eigenvalue weighted by atomic mass is 10.0. The van der Waals surface area contributed by atoms with Gasteiger partial charge in [-0.15, -0.1) is 0 Å². The van der Waals surface area contributed by atoms with E-state index in [0.29, 0.717) is 51.4 Å². The number of nitrogens with zero attached hydrogens (tertiary/aromatic N) is 5. The third-order valence-corrected chi connectivity index (χ3v) is 10.2. The van der Waals surface area contributed by atoms with E-state index in [2.05, 4.69) is 38.3 Å². The largest absolute Gasteiger partial charge is 0.491 e. The van der Waals surface area contributed by atoms with Crippen molar-refractivity contribution in [2.75, 3.05) is 77.3 Å². The number of fused-ring (bicyclic) bond motifs is 2. The van der Waals surface area contributed by atoms with E-state index in [9.17, 15) is 19.2 Å². The van der Waals surface area contributed by atoms with Crippen LogP contribution in [0.4, 0.5) is 5.82 Å². The minimum atomic E-state index is -1.01. The Hall–Kier alpha value is -5.42. The van der Waals surface area contributed by atoms with E-state index >= 15 is 0 Å². The molecule has 7 rings (SSSR count). The highest BCUT2D eigenvalue weighted by Crippen LogP contribution is 2.32. The lowest BCUT2D eigenvalue weighted by Gasteiger charge is -2.40. The molecular formula is C41H49N7O9. The molecule has 0 aliphatic carbocycles. The number of carbonyl (C=O) groups excluding carboxylic acids is 4. The van der Waals surface area contributed by atoms with E-state index in [1.165, 1.54) is 12.1 Å². The van der Waals surface area contributed by atoms with Crippen LogP contribution in [-0.2, 0) is 23.8 Å². The Labute approximate surface area is 330 Å². The number of hydrogen-bond donors (Lipinski definition) is 2. The van der Waals surface area contributed by atoms with Gasteiger partial charge >= 0.3 is 0 Å². The third-order valence-electron chi connectivity index (χ3n) is 10.2. The Bertz CT molecular complexity index is 2090. The molecule has 3 aliphatic heterocycles. The van der Waals surface area contributed by atoms with Gasteiger partial charge in [0.05, 0.1) is 62.4 Å². The molecule has 0 bridgehead atoms. The van der Waals surface area contributed by atoms with Crippen molar-refractivity contribution < 1.29 is 42.9 Å². The predicted octanol–water partition coefficient (Wildman–Crippen LogP) is 3.45. The second-order valence-electron chi connectivity index (χ2n) is 14.5. The number of hydrogen-bond acceptors (Lipinski definition) is 13. The molecule has 3 aliphatic rings. The molecule has 2 aromatic carbocycles. The molecule has 2 fully saturated rings. The fourth-order valence-corrected chi connectivity index (χ4v) is 7.31. The van der Waals surface area contributed by atoms with Crippen molar-refractivity contribution in [2.24, 2.45) is 0 Å². The van der Waals surface area contributed by atoms with Crippen LogP contribution in [0.15, 0.2) is 54.7 Å². The van der Waals surface area contributed by atoms with Gasteiger partial charge in [-0.3, -0.25) is 39.4 Å². The molecule has 5 heterocycles. The maximum Gasteiger partial charge on any atom is 0.262 e. The van der Waals surface area contributed by atoms with Crippen molar-refractivity contribution in [3.63, 3.8) is 0 Å². The van der Waals surface area contributed by atoms with Gasteiger partial charge in [-0.05, 0) is 75.7 Å². The molecule has 2 N–H and O–H groups in total. The molecule has 1 unspecified atom stereocenters. The summed E-state index contributed by atoms with van der Waals surface area (Å²) in [6.45, 7) is 12.6. The van der Waals surface area contributed by atoms with Gasteiger partial charge in [-0.1, -0.05) is 0 Å². The highest BCUT2D eigenvalue weighted by atomic mass is 16.6. The van der Waals surface area contributed by atoms with E-state index < -0.39 is 29.7 Å². The molecular weight excluding hydrogens is 734 g/mol. The summed E-state index contributed by atoms with van der Waals surface area (Å²) in [5, 5.41) is 11.0. The predicted molar refractivity (Wildman–Crippen MR) is 209 cm³/mol. The zero-order chi connectivity index (χ0) is 39.9. The number of nitrogens with one attached hydrogen (secondary N) is 2. The van der Waals surface area contributed by atoms with E-state index in [1.807, 2.05) is 44.3 Å². The first kappa shape index (κ1) is 39.8. The summed E-state index contributed by atoms with van der Waals surface area (Å²) in [4.78, 5) is 60.0. The first-order valence-electron chi connectivity index (χ1n) is 19.5. The monoisotopic (exact) mass is 783 g/mol. The van der Waals surface area contributed by atoms with Crippen LogP contribution in [0.25, 0.3) is 22.2 Å². The zero-order valence-corrected chi connectivity index (χ0v) is 32.5. The standard InChI is InChI=1S/C41H49N7O9/c1-26(2)57-30-5-7-34-33(24-30)38(45-44-34)28-10-11-42-36(22-28)47-13-12-46(27(3)25-47)14-15-53-16-17-54-18-19-55-20-21-56-29-4-6-31-32(23-29)41(52)48(40(31)51)35-8-9-37(49)43-39(35)50/h4-7,10-11,22-24,26-27,35H,8-9,12-21,25H2,1-3H3,(H,44,45)(H,43,49,50)/t27-,35?/m0/s1. The number of amides is 4. The first-order valence-corrected chi connectivity index (χ1v) is 19.5. The molecule has 2 atom stereocenters.